The maximum absolute atomic E-state index is 12.6. The van der Waals surface area contributed by atoms with Crippen LogP contribution in [-0.4, -0.2) is 51.0 Å². The molecule has 0 saturated carbocycles. The van der Waals surface area contributed by atoms with Crippen LogP contribution in [0, 0.1) is 12.8 Å². The zero-order valence-corrected chi connectivity index (χ0v) is 17.7. The number of aromatic nitrogens is 3. The van der Waals surface area contributed by atoms with Gasteiger partial charge in [-0.2, -0.15) is 0 Å². The molecular formula is C23H29N5O2. The molecule has 0 unspecified atom stereocenters. The summed E-state index contributed by atoms with van der Waals surface area (Å²) in [4.78, 5) is 24.0. The Bertz CT molecular complexity index is 957. The van der Waals surface area contributed by atoms with E-state index in [-0.39, 0.29) is 5.91 Å². The molecule has 1 saturated heterocycles. The first-order valence-corrected chi connectivity index (χ1v) is 10.5. The van der Waals surface area contributed by atoms with Crippen molar-refractivity contribution in [3.05, 3.63) is 71.1 Å². The number of imidazole rings is 1. The van der Waals surface area contributed by atoms with E-state index in [1.54, 1.807) is 24.2 Å². The molecule has 2 aromatic heterocycles. The minimum Gasteiger partial charge on any atom is -0.359 e. The molecule has 1 N–H and O–H groups in total. The molecule has 7 nitrogen and oxygen atoms in total. The van der Waals surface area contributed by atoms with Crippen molar-refractivity contribution in [3.8, 4) is 0 Å². The van der Waals surface area contributed by atoms with E-state index in [0.717, 1.165) is 42.7 Å². The molecule has 158 valence electrons. The van der Waals surface area contributed by atoms with Crippen molar-refractivity contribution in [3.63, 3.8) is 0 Å². The molecule has 1 aliphatic rings. The van der Waals surface area contributed by atoms with Crippen LogP contribution in [0.5, 0.6) is 0 Å². The lowest BCUT2D eigenvalue weighted by atomic mass is 9.90. The number of benzene rings is 1. The minimum absolute atomic E-state index is 0.166. The zero-order chi connectivity index (χ0) is 20.9. The fourth-order valence-electron chi connectivity index (χ4n) is 4.04. The molecular weight excluding hydrogens is 378 g/mol. The van der Waals surface area contributed by atoms with Crippen LogP contribution in [0.3, 0.4) is 0 Å². The van der Waals surface area contributed by atoms with Gasteiger partial charge in [0.15, 0.2) is 11.5 Å². The Hall–Kier alpha value is -2.93. The number of nitrogens with one attached hydrogen (secondary N) is 1. The molecule has 30 heavy (non-hydrogen) atoms. The second kappa shape index (κ2) is 9.26. The number of H-pyrrole nitrogens is 1. The van der Waals surface area contributed by atoms with Crippen molar-refractivity contribution in [2.24, 2.45) is 5.92 Å². The van der Waals surface area contributed by atoms with E-state index in [2.05, 4.69) is 50.4 Å². The SMILES string of the molecule is Cc1cnc(CN(C)C(=O)c2cc(CN3CCC(Cc4ccccc4)CC3)on2)[nH]1. The van der Waals surface area contributed by atoms with Gasteiger partial charge in [0.2, 0.25) is 0 Å². The second-order valence-corrected chi connectivity index (χ2v) is 8.26. The molecule has 1 aliphatic heterocycles. The van der Waals surface area contributed by atoms with Gasteiger partial charge in [0.1, 0.15) is 5.82 Å². The van der Waals surface area contributed by atoms with E-state index < -0.39 is 0 Å². The van der Waals surface area contributed by atoms with E-state index in [0.29, 0.717) is 18.8 Å². The number of nitrogens with zero attached hydrogens (tertiary/aromatic N) is 4. The summed E-state index contributed by atoms with van der Waals surface area (Å²) >= 11 is 0. The molecule has 7 heteroatoms. The van der Waals surface area contributed by atoms with Gasteiger partial charge in [-0.1, -0.05) is 35.5 Å². The average Bonchev–Trinajstić information content (AvgIpc) is 3.38. The molecule has 0 spiro atoms. The molecule has 1 aromatic carbocycles. The minimum atomic E-state index is -0.166. The van der Waals surface area contributed by atoms with Crippen LogP contribution in [-0.2, 0) is 19.5 Å². The summed E-state index contributed by atoms with van der Waals surface area (Å²) in [5, 5.41) is 4.00. The van der Waals surface area contributed by atoms with E-state index in [1.807, 2.05) is 6.92 Å². The van der Waals surface area contributed by atoms with Crippen molar-refractivity contribution in [1.29, 1.82) is 0 Å². The number of carbonyl (C=O) groups excluding carboxylic acids is 1. The Morgan fingerprint density at radius 1 is 1.27 bits per heavy atom. The topological polar surface area (TPSA) is 78.3 Å². The summed E-state index contributed by atoms with van der Waals surface area (Å²) in [6.07, 6.45) is 5.27. The van der Waals surface area contributed by atoms with Crippen molar-refractivity contribution < 1.29 is 9.32 Å². The smallest absolute Gasteiger partial charge is 0.276 e. The third kappa shape index (κ3) is 5.16. The largest absolute Gasteiger partial charge is 0.359 e. The summed E-state index contributed by atoms with van der Waals surface area (Å²) < 4.78 is 5.45. The lowest BCUT2D eigenvalue weighted by Crippen LogP contribution is -2.33. The standard InChI is InChI=1S/C23H29N5O2/c1-17-14-24-22(25-17)16-27(2)23(29)21-13-20(30-26-21)15-28-10-8-19(9-11-28)12-18-6-4-3-5-7-18/h3-7,13-14,19H,8-12,15-16H2,1-2H3,(H,24,25). The summed E-state index contributed by atoms with van der Waals surface area (Å²) in [5.41, 5.74) is 2.74. The summed E-state index contributed by atoms with van der Waals surface area (Å²) in [6, 6.07) is 12.5. The third-order valence-electron chi connectivity index (χ3n) is 5.72. The van der Waals surface area contributed by atoms with Crippen LogP contribution in [0.1, 0.15) is 46.2 Å². The molecule has 0 bridgehead atoms. The van der Waals surface area contributed by atoms with Crippen LogP contribution in [0.4, 0.5) is 0 Å². The summed E-state index contributed by atoms with van der Waals surface area (Å²) in [7, 11) is 1.74. The number of amides is 1. The van der Waals surface area contributed by atoms with Crippen molar-refractivity contribution >= 4 is 5.91 Å². The van der Waals surface area contributed by atoms with E-state index in [1.165, 1.54) is 18.4 Å². The Labute approximate surface area is 177 Å². The van der Waals surface area contributed by atoms with Crippen molar-refractivity contribution in [2.45, 2.75) is 39.3 Å². The highest BCUT2D eigenvalue weighted by Gasteiger charge is 2.22. The average molecular weight is 408 g/mol. The molecule has 1 fully saturated rings. The fourth-order valence-corrected chi connectivity index (χ4v) is 4.04. The molecule has 0 atom stereocenters. The van der Waals surface area contributed by atoms with Crippen LogP contribution in [0.2, 0.25) is 0 Å². The van der Waals surface area contributed by atoms with Gasteiger partial charge in [0.05, 0.1) is 13.1 Å². The number of likely N-dealkylation sites (tertiary alicyclic amines) is 1. The lowest BCUT2D eigenvalue weighted by Gasteiger charge is -2.31. The van der Waals surface area contributed by atoms with E-state index >= 15 is 0 Å². The van der Waals surface area contributed by atoms with Crippen LogP contribution >= 0.6 is 0 Å². The van der Waals surface area contributed by atoms with Gasteiger partial charge in [-0.15, -0.1) is 0 Å². The number of hydrogen-bond acceptors (Lipinski definition) is 5. The van der Waals surface area contributed by atoms with Crippen LogP contribution in [0.25, 0.3) is 0 Å². The van der Waals surface area contributed by atoms with Crippen LogP contribution < -0.4 is 0 Å². The first-order chi connectivity index (χ1) is 14.6. The van der Waals surface area contributed by atoms with Crippen molar-refractivity contribution in [2.75, 3.05) is 20.1 Å². The quantitative estimate of drug-likeness (QED) is 0.649. The first kappa shape index (κ1) is 20.3. The third-order valence-corrected chi connectivity index (χ3v) is 5.72. The highest BCUT2D eigenvalue weighted by molar-refractivity contribution is 5.91. The number of carbonyl (C=O) groups is 1. The van der Waals surface area contributed by atoms with E-state index in [4.69, 9.17) is 4.52 Å². The maximum atomic E-state index is 12.6. The van der Waals surface area contributed by atoms with Gasteiger partial charge in [0.25, 0.3) is 5.91 Å². The lowest BCUT2D eigenvalue weighted by molar-refractivity contribution is 0.0771. The number of aryl methyl sites for hydroxylation is 1. The molecule has 4 rings (SSSR count). The van der Waals surface area contributed by atoms with Gasteiger partial charge in [0, 0.05) is 25.0 Å². The van der Waals surface area contributed by atoms with E-state index in [9.17, 15) is 4.79 Å². The molecule has 1 amide bonds. The first-order valence-electron chi connectivity index (χ1n) is 10.5. The number of hydrogen-bond donors (Lipinski definition) is 1. The Balaban J connectivity index is 1.26. The van der Waals surface area contributed by atoms with Crippen LogP contribution in [0.15, 0.2) is 47.1 Å². The van der Waals surface area contributed by atoms with Gasteiger partial charge in [-0.25, -0.2) is 4.98 Å². The summed E-state index contributed by atoms with van der Waals surface area (Å²) in [6.45, 7) is 5.12. The number of rotatable bonds is 7. The maximum Gasteiger partial charge on any atom is 0.276 e. The van der Waals surface area contributed by atoms with Gasteiger partial charge >= 0.3 is 0 Å². The number of piperidine rings is 1. The Morgan fingerprint density at radius 3 is 2.73 bits per heavy atom. The molecule has 0 aliphatic carbocycles. The number of aromatic amines is 1. The highest BCUT2D eigenvalue weighted by atomic mass is 16.5. The van der Waals surface area contributed by atoms with Gasteiger partial charge in [-0.3, -0.25) is 9.69 Å². The highest BCUT2D eigenvalue weighted by Crippen LogP contribution is 2.23. The predicted octanol–water partition coefficient (Wildman–Crippen LogP) is 3.43. The van der Waals surface area contributed by atoms with Gasteiger partial charge in [-0.05, 0) is 50.8 Å². The predicted molar refractivity (Wildman–Crippen MR) is 114 cm³/mol. The molecule has 0 radical (unpaired) electrons. The summed E-state index contributed by atoms with van der Waals surface area (Å²) in [5.74, 6) is 2.06. The fraction of sp³-hybridized carbons (Fsp3) is 0.435. The van der Waals surface area contributed by atoms with Gasteiger partial charge < -0.3 is 14.4 Å². The Kier molecular flexibility index (Phi) is 6.28. The second-order valence-electron chi connectivity index (χ2n) is 8.26. The monoisotopic (exact) mass is 407 g/mol. The molecule has 3 heterocycles. The van der Waals surface area contributed by atoms with Crippen molar-refractivity contribution in [1.82, 2.24) is 24.9 Å². The zero-order valence-electron chi connectivity index (χ0n) is 17.7. The Morgan fingerprint density at radius 2 is 2.03 bits per heavy atom. The normalized spacial score (nSPS) is 15.4. The molecule has 3 aromatic rings.